The Labute approximate surface area is 92.3 Å². The lowest BCUT2D eigenvalue weighted by molar-refractivity contribution is -0.117. The Hall–Kier alpha value is -1.45. The van der Waals surface area contributed by atoms with Crippen LogP contribution >= 0.6 is 11.3 Å². The van der Waals surface area contributed by atoms with Crippen molar-refractivity contribution in [2.24, 2.45) is 0 Å². The van der Waals surface area contributed by atoms with Crippen LogP contribution in [0.25, 0.3) is 0 Å². The number of rotatable bonds is 5. The highest BCUT2D eigenvalue weighted by atomic mass is 32.1. The van der Waals surface area contributed by atoms with Crippen LogP contribution in [-0.4, -0.2) is 35.9 Å². The van der Waals surface area contributed by atoms with Crippen molar-refractivity contribution in [2.75, 3.05) is 25.5 Å². The average Bonchev–Trinajstić information content (AvgIpc) is 2.67. The van der Waals surface area contributed by atoms with Crippen LogP contribution in [0.15, 0.2) is 11.6 Å². The number of carbonyl (C=O) groups is 1. The van der Waals surface area contributed by atoms with E-state index in [1.807, 2.05) is 6.07 Å². The van der Waals surface area contributed by atoms with E-state index in [0.717, 1.165) is 0 Å². The molecule has 1 N–H and O–H groups in total. The first-order valence-electron chi connectivity index (χ1n) is 4.47. The summed E-state index contributed by atoms with van der Waals surface area (Å²) in [5, 5.41) is 13.5. The number of amides is 1. The monoisotopic (exact) mass is 224 g/mol. The standard InChI is InChI=1S/C9H12N4OS/c1-13(5-2-3-10)7-8(14)12-9-11-4-6-15-9/h4,6H,2,5,7H2,1H3,(H,11,12,14). The largest absolute Gasteiger partial charge is 0.301 e. The van der Waals surface area contributed by atoms with Gasteiger partial charge in [-0.05, 0) is 7.05 Å². The second kappa shape index (κ2) is 6.11. The number of nitrogens with zero attached hydrogens (tertiary/aromatic N) is 3. The summed E-state index contributed by atoms with van der Waals surface area (Å²) in [6, 6.07) is 2.03. The molecule has 0 fully saturated rings. The smallest absolute Gasteiger partial charge is 0.240 e. The van der Waals surface area contributed by atoms with Gasteiger partial charge in [-0.1, -0.05) is 0 Å². The zero-order valence-electron chi connectivity index (χ0n) is 8.43. The fourth-order valence-corrected chi connectivity index (χ4v) is 1.55. The molecule has 5 nitrogen and oxygen atoms in total. The Balaban J connectivity index is 2.27. The van der Waals surface area contributed by atoms with E-state index < -0.39 is 0 Å². The molecule has 0 unspecified atom stereocenters. The molecule has 1 heterocycles. The predicted octanol–water partition coefficient (Wildman–Crippen LogP) is 0.927. The number of hydrogen-bond acceptors (Lipinski definition) is 5. The summed E-state index contributed by atoms with van der Waals surface area (Å²) in [6.45, 7) is 0.878. The van der Waals surface area contributed by atoms with Crippen molar-refractivity contribution in [1.82, 2.24) is 9.88 Å². The number of likely N-dealkylation sites (N-methyl/N-ethyl adjacent to an activating group) is 1. The van der Waals surface area contributed by atoms with Crippen molar-refractivity contribution < 1.29 is 4.79 Å². The molecule has 1 rings (SSSR count). The van der Waals surface area contributed by atoms with E-state index >= 15 is 0 Å². The van der Waals surface area contributed by atoms with Gasteiger partial charge >= 0.3 is 0 Å². The minimum atomic E-state index is -0.106. The molecule has 0 aliphatic rings. The molecular formula is C9H12N4OS. The van der Waals surface area contributed by atoms with Crippen LogP contribution in [0.3, 0.4) is 0 Å². The zero-order chi connectivity index (χ0) is 11.1. The van der Waals surface area contributed by atoms with Crippen LogP contribution < -0.4 is 5.32 Å². The molecule has 1 aromatic heterocycles. The predicted molar refractivity (Wildman–Crippen MR) is 58.5 cm³/mol. The van der Waals surface area contributed by atoms with E-state index in [0.29, 0.717) is 18.1 Å². The third kappa shape index (κ3) is 4.54. The number of aromatic nitrogens is 1. The van der Waals surface area contributed by atoms with Gasteiger partial charge in [0.15, 0.2) is 5.13 Å². The van der Waals surface area contributed by atoms with Gasteiger partial charge in [0, 0.05) is 24.5 Å². The maximum absolute atomic E-state index is 11.4. The molecule has 0 saturated heterocycles. The molecule has 0 aliphatic carbocycles. The molecule has 6 heteroatoms. The van der Waals surface area contributed by atoms with Crippen LogP contribution in [0.1, 0.15) is 6.42 Å². The highest BCUT2D eigenvalue weighted by Gasteiger charge is 2.07. The molecule has 0 atom stereocenters. The molecule has 0 radical (unpaired) electrons. The molecule has 0 aliphatic heterocycles. The van der Waals surface area contributed by atoms with Crippen molar-refractivity contribution >= 4 is 22.4 Å². The van der Waals surface area contributed by atoms with Crippen molar-refractivity contribution in [3.05, 3.63) is 11.6 Å². The van der Waals surface area contributed by atoms with Gasteiger partial charge in [-0.15, -0.1) is 11.3 Å². The summed E-state index contributed by atoms with van der Waals surface area (Å²) < 4.78 is 0. The lowest BCUT2D eigenvalue weighted by Crippen LogP contribution is -2.30. The molecule has 1 amide bonds. The van der Waals surface area contributed by atoms with Gasteiger partial charge in [-0.2, -0.15) is 5.26 Å². The van der Waals surface area contributed by atoms with Crippen LogP contribution in [-0.2, 0) is 4.79 Å². The SMILES string of the molecule is CN(CCC#N)CC(=O)Nc1nccs1. The van der Waals surface area contributed by atoms with Gasteiger partial charge in [-0.3, -0.25) is 9.69 Å². The lowest BCUT2D eigenvalue weighted by Gasteiger charge is -2.13. The van der Waals surface area contributed by atoms with E-state index in [2.05, 4.69) is 10.3 Å². The maximum Gasteiger partial charge on any atom is 0.240 e. The molecular weight excluding hydrogens is 212 g/mol. The van der Waals surface area contributed by atoms with E-state index in [9.17, 15) is 4.79 Å². The number of hydrogen-bond donors (Lipinski definition) is 1. The quantitative estimate of drug-likeness (QED) is 0.807. The van der Waals surface area contributed by atoms with Gasteiger partial charge in [0.25, 0.3) is 0 Å². The first-order valence-corrected chi connectivity index (χ1v) is 5.35. The molecule has 0 spiro atoms. The van der Waals surface area contributed by atoms with Gasteiger partial charge in [0.2, 0.25) is 5.91 Å². The van der Waals surface area contributed by atoms with Crippen molar-refractivity contribution in [3.63, 3.8) is 0 Å². The minimum absolute atomic E-state index is 0.106. The molecule has 1 aromatic rings. The number of anilines is 1. The van der Waals surface area contributed by atoms with E-state index in [-0.39, 0.29) is 12.5 Å². The average molecular weight is 224 g/mol. The van der Waals surface area contributed by atoms with E-state index in [1.165, 1.54) is 11.3 Å². The zero-order valence-corrected chi connectivity index (χ0v) is 9.25. The Morgan fingerprint density at radius 2 is 2.60 bits per heavy atom. The highest BCUT2D eigenvalue weighted by molar-refractivity contribution is 7.13. The number of nitriles is 1. The fourth-order valence-electron chi connectivity index (χ4n) is 1.01. The Bertz CT molecular complexity index is 343. The first kappa shape index (κ1) is 11.6. The van der Waals surface area contributed by atoms with Crippen LogP contribution in [0, 0.1) is 11.3 Å². The summed E-state index contributed by atoms with van der Waals surface area (Å²) in [4.78, 5) is 17.2. The Morgan fingerprint density at radius 1 is 1.80 bits per heavy atom. The summed E-state index contributed by atoms with van der Waals surface area (Å²) >= 11 is 1.38. The van der Waals surface area contributed by atoms with Gasteiger partial charge in [-0.25, -0.2) is 4.98 Å². The van der Waals surface area contributed by atoms with Gasteiger partial charge < -0.3 is 5.32 Å². The topological polar surface area (TPSA) is 69.0 Å². The molecule has 80 valence electrons. The number of thiazole rings is 1. The second-order valence-electron chi connectivity index (χ2n) is 3.03. The van der Waals surface area contributed by atoms with Gasteiger partial charge in [0.1, 0.15) is 0 Å². The molecule has 0 aromatic carbocycles. The summed E-state index contributed by atoms with van der Waals surface area (Å²) in [5.74, 6) is -0.106. The van der Waals surface area contributed by atoms with Crippen molar-refractivity contribution in [1.29, 1.82) is 5.26 Å². The van der Waals surface area contributed by atoms with Crippen molar-refractivity contribution in [3.8, 4) is 6.07 Å². The van der Waals surface area contributed by atoms with Crippen LogP contribution in [0.4, 0.5) is 5.13 Å². The molecule has 15 heavy (non-hydrogen) atoms. The summed E-state index contributed by atoms with van der Waals surface area (Å²) in [5.41, 5.74) is 0. The molecule has 0 saturated carbocycles. The second-order valence-corrected chi connectivity index (χ2v) is 3.93. The number of nitrogens with one attached hydrogen (secondary N) is 1. The van der Waals surface area contributed by atoms with Crippen LogP contribution in [0.5, 0.6) is 0 Å². The van der Waals surface area contributed by atoms with Gasteiger partial charge in [0.05, 0.1) is 12.6 Å². The first-order chi connectivity index (χ1) is 7.22. The third-order valence-electron chi connectivity index (χ3n) is 1.70. The van der Waals surface area contributed by atoms with E-state index in [1.54, 1.807) is 23.5 Å². The Morgan fingerprint density at radius 3 is 3.20 bits per heavy atom. The summed E-state index contributed by atoms with van der Waals surface area (Å²) in [7, 11) is 1.80. The minimum Gasteiger partial charge on any atom is -0.301 e. The molecule has 0 bridgehead atoms. The normalized spacial score (nSPS) is 9.93. The van der Waals surface area contributed by atoms with E-state index in [4.69, 9.17) is 5.26 Å². The summed E-state index contributed by atoms with van der Waals surface area (Å²) in [6.07, 6.45) is 2.07. The van der Waals surface area contributed by atoms with Crippen molar-refractivity contribution in [2.45, 2.75) is 6.42 Å². The highest BCUT2D eigenvalue weighted by Crippen LogP contribution is 2.09. The van der Waals surface area contributed by atoms with Crippen LogP contribution in [0.2, 0.25) is 0 Å². The Kier molecular flexibility index (Phi) is 4.74. The fraction of sp³-hybridized carbons (Fsp3) is 0.444. The lowest BCUT2D eigenvalue weighted by atomic mass is 10.4. The number of carbonyl (C=O) groups excluding carboxylic acids is 1. The third-order valence-corrected chi connectivity index (χ3v) is 2.39. The maximum atomic E-state index is 11.4.